The van der Waals surface area contributed by atoms with E-state index in [2.05, 4.69) is 17.1 Å². The largest absolute Gasteiger partial charge is 0.493 e. The molecule has 7 heteroatoms. The van der Waals surface area contributed by atoms with Crippen LogP contribution in [0.1, 0.15) is 12.5 Å². The van der Waals surface area contributed by atoms with Crippen LogP contribution in [-0.2, 0) is 6.42 Å². The van der Waals surface area contributed by atoms with Crippen molar-refractivity contribution >= 4 is 11.3 Å². The molecule has 0 bridgehead atoms. The summed E-state index contributed by atoms with van der Waals surface area (Å²) in [7, 11) is 6.49. The van der Waals surface area contributed by atoms with Crippen molar-refractivity contribution in [2.24, 2.45) is 0 Å². The molecule has 0 atom stereocenters. The second-order valence-corrected chi connectivity index (χ2v) is 6.68. The highest BCUT2D eigenvalue weighted by Crippen LogP contribution is 2.39. The van der Waals surface area contributed by atoms with E-state index in [0.717, 1.165) is 33.1 Å². The Labute approximate surface area is 162 Å². The zero-order chi connectivity index (χ0) is 19.4. The van der Waals surface area contributed by atoms with Crippen molar-refractivity contribution in [1.82, 2.24) is 10.2 Å². The van der Waals surface area contributed by atoms with Crippen LogP contribution in [0.4, 0.5) is 0 Å². The van der Waals surface area contributed by atoms with Gasteiger partial charge in [0.2, 0.25) is 0 Å². The zero-order valence-corrected chi connectivity index (χ0v) is 16.8. The number of rotatable bonds is 7. The second-order valence-electron chi connectivity index (χ2n) is 5.70. The summed E-state index contributed by atoms with van der Waals surface area (Å²) in [5.74, 6) is 2.72. The quantitative estimate of drug-likeness (QED) is 0.597. The van der Waals surface area contributed by atoms with Crippen LogP contribution in [0.3, 0.4) is 0 Å². The number of ether oxygens (including phenoxy) is 4. The average Bonchev–Trinajstić information content (AvgIpc) is 3.22. The van der Waals surface area contributed by atoms with Crippen LogP contribution in [0.2, 0.25) is 0 Å². The molecule has 1 heterocycles. The summed E-state index contributed by atoms with van der Waals surface area (Å²) in [6, 6.07) is 9.66. The van der Waals surface area contributed by atoms with Gasteiger partial charge in [-0.1, -0.05) is 18.3 Å². The molecular formula is C20H22N2O4S. The molecule has 0 radical (unpaired) electrons. The molecule has 3 aromatic rings. The number of aryl methyl sites for hydroxylation is 1. The van der Waals surface area contributed by atoms with Crippen LogP contribution in [0.25, 0.3) is 21.1 Å². The molecule has 2 aromatic carbocycles. The molecule has 6 nitrogen and oxygen atoms in total. The van der Waals surface area contributed by atoms with Crippen LogP contribution in [0.5, 0.6) is 23.0 Å². The third-order valence-electron chi connectivity index (χ3n) is 4.28. The van der Waals surface area contributed by atoms with E-state index in [4.69, 9.17) is 18.9 Å². The molecule has 0 aliphatic rings. The van der Waals surface area contributed by atoms with Crippen molar-refractivity contribution in [3.8, 4) is 44.1 Å². The van der Waals surface area contributed by atoms with Crippen LogP contribution in [0, 0.1) is 0 Å². The molecule has 27 heavy (non-hydrogen) atoms. The van der Waals surface area contributed by atoms with Gasteiger partial charge in [-0.15, -0.1) is 10.2 Å². The Hall–Kier alpha value is -2.80. The summed E-state index contributed by atoms with van der Waals surface area (Å²) in [4.78, 5) is 0. The lowest BCUT2D eigenvalue weighted by atomic mass is 10.0. The summed E-state index contributed by atoms with van der Waals surface area (Å²) in [5, 5.41) is 10.4. The van der Waals surface area contributed by atoms with Gasteiger partial charge in [-0.2, -0.15) is 0 Å². The van der Waals surface area contributed by atoms with Gasteiger partial charge in [0.15, 0.2) is 23.0 Å². The summed E-state index contributed by atoms with van der Waals surface area (Å²) < 4.78 is 21.5. The molecule has 0 spiro atoms. The van der Waals surface area contributed by atoms with E-state index in [-0.39, 0.29) is 0 Å². The predicted molar refractivity (Wildman–Crippen MR) is 106 cm³/mol. The molecule has 1 aromatic heterocycles. The average molecular weight is 386 g/mol. The topological polar surface area (TPSA) is 62.7 Å². The third-order valence-corrected chi connectivity index (χ3v) is 5.28. The van der Waals surface area contributed by atoms with E-state index in [0.29, 0.717) is 23.0 Å². The SMILES string of the molecule is CCc1cc(OC)c(OC)cc1-c1nnc(-c2ccc(OC)c(OC)c2)s1. The smallest absolute Gasteiger partial charge is 0.161 e. The fraction of sp³-hybridized carbons (Fsp3) is 0.300. The first-order chi connectivity index (χ1) is 13.1. The van der Waals surface area contributed by atoms with E-state index < -0.39 is 0 Å². The Morgan fingerprint density at radius 3 is 1.96 bits per heavy atom. The Morgan fingerprint density at radius 1 is 0.741 bits per heavy atom. The maximum absolute atomic E-state index is 5.45. The van der Waals surface area contributed by atoms with E-state index in [1.54, 1.807) is 28.4 Å². The summed E-state index contributed by atoms with van der Waals surface area (Å²) in [5.41, 5.74) is 3.05. The lowest BCUT2D eigenvalue weighted by Gasteiger charge is -2.12. The molecule has 0 aliphatic heterocycles. The number of aromatic nitrogens is 2. The minimum atomic E-state index is 0.659. The molecule has 0 amide bonds. The van der Waals surface area contributed by atoms with Crippen molar-refractivity contribution < 1.29 is 18.9 Å². The van der Waals surface area contributed by atoms with E-state index in [1.807, 2.05) is 30.3 Å². The van der Waals surface area contributed by atoms with Crippen molar-refractivity contribution in [2.45, 2.75) is 13.3 Å². The van der Waals surface area contributed by atoms with Crippen molar-refractivity contribution in [3.05, 3.63) is 35.9 Å². The van der Waals surface area contributed by atoms with Gasteiger partial charge < -0.3 is 18.9 Å². The Balaban J connectivity index is 2.03. The molecule has 3 rings (SSSR count). The van der Waals surface area contributed by atoms with Gasteiger partial charge in [-0.05, 0) is 42.3 Å². The monoisotopic (exact) mass is 386 g/mol. The standard InChI is InChI=1S/C20H22N2O4S/c1-6-12-9-17(25-4)18(26-5)11-14(12)20-22-21-19(27-20)13-7-8-15(23-2)16(10-13)24-3/h7-11H,6H2,1-5H3. The van der Waals surface area contributed by atoms with Crippen LogP contribution >= 0.6 is 11.3 Å². The number of hydrogen-bond acceptors (Lipinski definition) is 7. The molecule has 0 N–H and O–H groups in total. The highest BCUT2D eigenvalue weighted by Gasteiger charge is 2.17. The summed E-state index contributed by atoms with van der Waals surface area (Å²) in [6.45, 7) is 2.10. The maximum Gasteiger partial charge on any atom is 0.161 e. The van der Waals surface area contributed by atoms with Crippen LogP contribution in [0.15, 0.2) is 30.3 Å². The first-order valence-corrected chi connectivity index (χ1v) is 9.27. The van der Waals surface area contributed by atoms with Gasteiger partial charge >= 0.3 is 0 Å². The first kappa shape index (κ1) is 19.0. The van der Waals surface area contributed by atoms with E-state index >= 15 is 0 Å². The van der Waals surface area contributed by atoms with E-state index in [1.165, 1.54) is 11.3 Å². The molecule has 142 valence electrons. The van der Waals surface area contributed by atoms with Crippen molar-refractivity contribution in [3.63, 3.8) is 0 Å². The molecule has 0 fully saturated rings. The second kappa shape index (κ2) is 8.26. The van der Waals surface area contributed by atoms with Crippen LogP contribution < -0.4 is 18.9 Å². The molecule has 0 saturated heterocycles. The molecule has 0 saturated carbocycles. The Bertz CT molecular complexity index is 940. The number of methoxy groups -OCH3 is 4. The number of hydrogen-bond donors (Lipinski definition) is 0. The number of nitrogens with zero attached hydrogens (tertiary/aromatic N) is 2. The Morgan fingerprint density at radius 2 is 1.33 bits per heavy atom. The zero-order valence-electron chi connectivity index (χ0n) is 16.0. The maximum atomic E-state index is 5.45. The van der Waals surface area contributed by atoms with Gasteiger partial charge in [0.05, 0.1) is 28.4 Å². The van der Waals surface area contributed by atoms with E-state index in [9.17, 15) is 0 Å². The molecular weight excluding hydrogens is 364 g/mol. The summed E-state index contributed by atoms with van der Waals surface area (Å²) >= 11 is 1.52. The van der Waals surface area contributed by atoms with Crippen molar-refractivity contribution in [1.29, 1.82) is 0 Å². The van der Waals surface area contributed by atoms with Gasteiger partial charge in [0, 0.05) is 11.1 Å². The summed E-state index contributed by atoms with van der Waals surface area (Å²) in [6.07, 6.45) is 0.848. The third kappa shape index (κ3) is 3.68. The Kier molecular flexibility index (Phi) is 5.81. The van der Waals surface area contributed by atoms with Gasteiger partial charge in [0.25, 0.3) is 0 Å². The fourth-order valence-electron chi connectivity index (χ4n) is 2.83. The highest BCUT2D eigenvalue weighted by atomic mass is 32.1. The van der Waals surface area contributed by atoms with Gasteiger partial charge in [-0.25, -0.2) is 0 Å². The van der Waals surface area contributed by atoms with Gasteiger partial charge in [0.1, 0.15) is 10.0 Å². The van der Waals surface area contributed by atoms with Gasteiger partial charge in [-0.3, -0.25) is 0 Å². The fourth-order valence-corrected chi connectivity index (χ4v) is 3.72. The minimum absolute atomic E-state index is 0.659. The van der Waals surface area contributed by atoms with Crippen molar-refractivity contribution in [2.75, 3.05) is 28.4 Å². The highest BCUT2D eigenvalue weighted by molar-refractivity contribution is 7.17. The minimum Gasteiger partial charge on any atom is -0.493 e. The first-order valence-electron chi connectivity index (χ1n) is 8.46. The normalized spacial score (nSPS) is 10.6. The lowest BCUT2D eigenvalue weighted by molar-refractivity contribution is 0.354. The molecule has 0 aliphatic carbocycles. The van der Waals surface area contributed by atoms with Crippen LogP contribution in [-0.4, -0.2) is 38.6 Å². The molecule has 0 unspecified atom stereocenters. The lowest BCUT2D eigenvalue weighted by Crippen LogP contribution is -1.95. The number of benzene rings is 2. The predicted octanol–water partition coefficient (Wildman–Crippen LogP) is 4.47.